The van der Waals surface area contributed by atoms with Crippen molar-refractivity contribution in [2.75, 3.05) is 6.61 Å². The highest BCUT2D eigenvalue weighted by Gasteiger charge is 2.76. The van der Waals surface area contributed by atoms with Gasteiger partial charge in [-0.25, -0.2) is 0 Å². The molecule has 0 spiro atoms. The van der Waals surface area contributed by atoms with Gasteiger partial charge in [0.25, 0.3) is 0 Å². The lowest BCUT2D eigenvalue weighted by Gasteiger charge is -2.59. The maximum atomic E-state index is 14.2. The van der Waals surface area contributed by atoms with Crippen LogP contribution in [-0.2, 0) is 28.6 Å². The number of esters is 1. The highest BCUT2D eigenvalue weighted by Crippen LogP contribution is 2.69. The van der Waals surface area contributed by atoms with Gasteiger partial charge in [-0.3, -0.25) is 14.4 Å². The number of carbonyl (C=O) groups is 3. The van der Waals surface area contributed by atoms with Gasteiger partial charge in [0.05, 0.1) is 18.1 Å². The predicted molar refractivity (Wildman–Crippen MR) is 143 cm³/mol. The van der Waals surface area contributed by atoms with Gasteiger partial charge in [-0.2, -0.15) is 0 Å². The topological polar surface area (TPSA) is 99.1 Å². The first kappa shape index (κ1) is 27.3. The summed E-state index contributed by atoms with van der Waals surface area (Å²) in [7, 11) is 0. The van der Waals surface area contributed by atoms with Crippen LogP contribution in [0.3, 0.4) is 0 Å². The van der Waals surface area contributed by atoms with Crippen LogP contribution in [0.4, 0.5) is 0 Å². The van der Waals surface area contributed by atoms with Crippen molar-refractivity contribution in [1.82, 2.24) is 0 Å². The Morgan fingerprint density at radius 3 is 2.64 bits per heavy atom. The molecule has 9 atom stereocenters. The zero-order valence-electron chi connectivity index (χ0n) is 23.8. The van der Waals surface area contributed by atoms with E-state index in [2.05, 4.69) is 19.9 Å². The number of aliphatic hydroxyl groups excluding tert-OH is 1. The van der Waals surface area contributed by atoms with Crippen molar-refractivity contribution in [2.45, 2.75) is 110 Å². The number of carbonyl (C=O) groups excluding carboxylic acids is 3. The first-order valence-corrected chi connectivity index (χ1v) is 15.1. The number of ether oxygens (including phenoxy) is 3. The zero-order chi connectivity index (χ0) is 27.7. The first-order chi connectivity index (χ1) is 18.5. The Kier molecular flexibility index (Phi) is 6.75. The van der Waals surface area contributed by atoms with E-state index in [4.69, 9.17) is 14.2 Å². The number of hydrogen-bond donors (Lipinski definition) is 1. The molecule has 7 nitrogen and oxygen atoms in total. The van der Waals surface area contributed by atoms with E-state index >= 15 is 0 Å². The summed E-state index contributed by atoms with van der Waals surface area (Å²) in [5, 5.41) is 11.9. The van der Waals surface area contributed by atoms with E-state index in [9.17, 15) is 19.5 Å². The average Bonchev–Trinajstić information content (AvgIpc) is 3.41. The van der Waals surface area contributed by atoms with Crippen LogP contribution >= 0.6 is 0 Å². The highest BCUT2D eigenvalue weighted by atomic mass is 16.7. The standard InChI is InChI=1S/C32H44O7/c1-18(2)28(36)37-17-25(35)32-26(38-29(39-32)19-8-6-5-7-9-19)15-23-22-11-10-20-14-21(33)12-13-30(20,3)27(22)24(34)16-31(23,32)4/h10,12-13,18-19,22-24,26-27,29,34H,5-9,11,14-17H2,1-4H3/t22-,23?,24-,26+,27+,29?,30-,31-,32+/m0/s1. The van der Waals surface area contributed by atoms with E-state index in [1.54, 1.807) is 19.9 Å². The second kappa shape index (κ2) is 9.63. The molecule has 1 N–H and O–H groups in total. The number of rotatable bonds is 5. The third-order valence-corrected chi connectivity index (χ3v) is 11.5. The molecule has 1 heterocycles. The van der Waals surface area contributed by atoms with Crippen molar-refractivity contribution in [3.8, 4) is 0 Å². The molecule has 4 fully saturated rings. The van der Waals surface area contributed by atoms with Gasteiger partial charge in [-0.15, -0.1) is 0 Å². The van der Waals surface area contributed by atoms with Gasteiger partial charge in [0, 0.05) is 29.1 Å². The van der Waals surface area contributed by atoms with Crippen LogP contribution in [0.15, 0.2) is 23.8 Å². The second-order valence-electron chi connectivity index (χ2n) is 13.9. The molecule has 39 heavy (non-hydrogen) atoms. The Balaban J connectivity index is 1.36. The summed E-state index contributed by atoms with van der Waals surface area (Å²) in [5.74, 6) is -0.439. The molecule has 3 saturated carbocycles. The minimum atomic E-state index is -1.26. The minimum Gasteiger partial charge on any atom is -0.457 e. The monoisotopic (exact) mass is 540 g/mol. The maximum Gasteiger partial charge on any atom is 0.308 e. The quantitative estimate of drug-likeness (QED) is 0.398. The second-order valence-corrected chi connectivity index (χ2v) is 13.9. The van der Waals surface area contributed by atoms with E-state index in [1.165, 1.54) is 6.42 Å². The summed E-state index contributed by atoms with van der Waals surface area (Å²) < 4.78 is 19.0. The lowest BCUT2D eigenvalue weighted by molar-refractivity contribution is -0.208. The number of hydrogen-bond acceptors (Lipinski definition) is 7. The van der Waals surface area contributed by atoms with Gasteiger partial charge < -0.3 is 19.3 Å². The molecule has 214 valence electrons. The average molecular weight is 541 g/mol. The van der Waals surface area contributed by atoms with Crippen LogP contribution in [0.2, 0.25) is 0 Å². The van der Waals surface area contributed by atoms with E-state index in [1.807, 2.05) is 6.08 Å². The van der Waals surface area contributed by atoms with Crippen LogP contribution in [0.1, 0.15) is 85.5 Å². The zero-order valence-corrected chi connectivity index (χ0v) is 23.8. The van der Waals surface area contributed by atoms with Crippen LogP contribution in [-0.4, -0.2) is 53.3 Å². The van der Waals surface area contributed by atoms with Gasteiger partial charge in [0.2, 0.25) is 5.78 Å². The fourth-order valence-corrected chi connectivity index (χ4v) is 9.53. The first-order valence-electron chi connectivity index (χ1n) is 15.1. The van der Waals surface area contributed by atoms with Crippen molar-refractivity contribution in [3.05, 3.63) is 23.8 Å². The van der Waals surface area contributed by atoms with Gasteiger partial charge in [-0.05, 0) is 50.0 Å². The van der Waals surface area contributed by atoms with Crippen LogP contribution < -0.4 is 0 Å². The van der Waals surface area contributed by atoms with E-state index < -0.39 is 35.5 Å². The Labute approximate surface area is 231 Å². The molecular weight excluding hydrogens is 496 g/mol. The largest absolute Gasteiger partial charge is 0.457 e. The molecule has 0 aromatic carbocycles. The Hall–Kier alpha value is -1.83. The number of fused-ring (bicyclic) bond motifs is 7. The van der Waals surface area contributed by atoms with E-state index in [-0.39, 0.29) is 53.2 Å². The lowest BCUT2D eigenvalue weighted by atomic mass is 9.47. The van der Waals surface area contributed by atoms with E-state index in [0.29, 0.717) is 19.3 Å². The summed E-state index contributed by atoms with van der Waals surface area (Å²) in [6.45, 7) is 7.43. The molecule has 7 heteroatoms. The lowest BCUT2D eigenvalue weighted by Crippen LogP contribution is -2.63. The van der Waals surface area contributed by atoms with Crippen LogP contribution in [0.25, 0.3) is 0 Å². The molecule has 0 radical (unpaired) electrons. The fraction of sp³-hybridized carbons (Fsp3) is 0.781. The summed E-state index contributed by atoms with van der Waals surface area (Å²) in [5.41, 5.74) is -1.20. The summed E-state index contributed by atoms with van der Waals surface area (Å²) in [4.78, 5) is 38.8. The van der Waals surface area contributed by atoms with Crippen molar-refractivity contribution in [2.24, 2.45) is 40.4 Å². The minimum absolute atomic E-state index is 0.0428. The van der Waals surface area contributed by atoms with Crippen molar-refractivity contribution < 1.29 is 33.7 Å². The molecule has 0 aromatic heterocycles. The highest BCUT2D eigenvalue weighted by molar-refractivity contribution is 5.94. The molecule has 6 rings (SSSR count). The van der Waals surface area contributed by atoms with Crippen LogP contribution in [0, 0.1) is 40.4 Å². The Bertz CT molecular complexity index is 1100. The number of aliphatic hydroxyl groups is 1. The molecular formula is C32H44O7. The summed E-state index contributed by atoms with van der Waals surface area (Å²) in [6.07, 6.45) is 12.1. The SMILES string of the molecule is CC(C)C(=O)OCC(=O)[C@@]12OC(C3CCCCC3)O[C@@H]1CC1[C@@H]3CC=C4CC(=O)C=C[C@]4(C)[C@H]3[C@@H](O)C[C@@]12C. The Morgan fingerprint density at radius 2 is 1.92 bits per heavy atom. The van der Waals surface area contributed by atoms with Crippen LogP contribution in [0.5, 0.6) is 0 Å². The number of allylic oxidation sites excluding steroid dienone is 4. The molecule has 1 aliphatic heterocycles. The number of ketones is 2. The third-order valence-electron chi connectivity index (χ3n) is 11.5. The molecule has 5 aliphatic carbocycles. The Morgan fingerprint density at radius 1 is 1.18 bits per heavy atom. The van der Waals surface area contributed by atoms with Crippen molar-refractivity contribution >= 4 is 17.5 Å². The third kappa shape index (κ3) is 3.97. The molecule has 0 bridgehead atoms. The molecule has 1 saturated heterocycles. The maximum absolute atomic E-state index is 14.2. The van der Waals surface area contributed by atoms with Gasteiger partial charge in [-0.1, -0.05) is 64.7 Å². The normalized spacial score (nSPS) is 45.3. The van der Waals surface area contributed by atoms with Gasteiger partial charge in [0.1, 0.15) is 0 Å². The van der Waals surface area contributed by atoms with Crippen molar-refractivity contribution in [1.29, 1.82) is 0 Å². The fourth-order valence-electron chi connectivity index (χ4n) is 9.53. The smallest absolute Gasteiger partial charge is 0.308 e. The molecule has 0 amide bonds. The summed E-state index contributed by atoms with van der Waals surface area (Å²) in [6, 6.07) is 0. The summed E-state index contributed by atoms with van der Waals surface area (Å²) >= 11 is 0. The van der Waals surface area contributed by atoms with E-state index in [0.717, 1.165) is 37.7 Å². The molecule has 6 aliphatic rings. The molecule has 0 aromatic rings. The predicted octanol–water partition coefficient (Wildman–Crippen LogP) is 4.70. The van der Waals surface area contributed by atoms with Crippen molar-refractivity contribution in [3.63, 3.8) is 0 Å². The van der Waals surface area contributed by atoms with Gasteiger partial charge in [0.15, 0.2) is 24.3 Å². The number of Topliss-reactive ketones (excluding diaryl/α,β-unsaturated/α-hetero) is 1. The molecule has 2 unspecified atom stereocenters. The van der Waals surface area contributed by atoms with Gasteiger partial charge >= 0.3 is 5.97 Å².